The Labute approximate surface area is 122 Å². The van der Waals surface area contributed by atoms with Gasteiger partial charge in [-0.2, -0.15) is 0 Å². The summed E-state index contributed by atoms with van der Waals surface area (Å²) in [5.41, 5.74) is 6.59. The van der Waals surface area contributed by atoms with Gasteiger partial charge >= 0.3 is 6.36 Å². The Bertz CT molecular complexity index is 464. The Kier molecular flexibility index (Phi) is 5.11. The molecular weight excluding hydrogens is 281 g/mol. The highest BCUT2D eigenvalue weighted by molar-refractivity contribution is 5.28. The van der Waals surface area contributed by atoms with Gasteiger partial charge in [0.25, 0.3) is 0 Å². The van der Waals surface area contributed by atoms with Crippen LogP contribution in [0.4, 0.5) is 13.2 Å². The number of nitrogens with two attached hydrogens (primary N) is 1. The van der Waals surface area contributed by atoms with E-state index >= 15 is 0 Å². The summed E-state index contributed by atoms with van der Waals surface area (Å²) in [5, 5.41) is 0. The average Bonchev–Trinajstić information content (AvgIpc) is 2.39. The van der Waals surface area contributed by atoms with E-state index < -0.39 is 6.36 Å². The number of hydrogen-bond acceptors (Lipinski definition) is 3. The van der Waals surface area contributed by atoms with E-state index in [9.17, 15) is 13.2 Å². The number of benzene rings is 1. The second-order valence-corrected chi connectivity index (χ2v) is 5.69. The summed E-state index contributed by atoms with van der Waals surface area (Å²) in [4.78, 5) is 2.24. The van der Waals surface area contributed by atoms with Gasteiger partial charge in [0.1, 0.15) is 5.75 Å². The van der Waals surface area contributed by atoms with Gasteiger partial charge in [-0.25, -0.2) is 0 Å². The molecule has 3 nitrogen and oxygen atoms in total. The molecule has 1 saturated heterocycles. The van der Waals surface area contributed by atoms with Crippen LogP contribution in [0.2, 0.25) is 0 Å². The lowest BCUT2D eigenvalue weighted by Crippen LogP contribution is -2.42. The van der Waals surface area contributed by atoms with Crippen molar-refractivity contribution in [2.24, 2.45) is 17.6 Å². The number of nitrogens with zero attached hydrogens (tertiary/aromatic N) is 1. The lowest BCUT2D eigenvalue weighted by molar-refractivity contribution is -0.274. The molecule has 2 rings (SSSR count). The molecule has 1 fully saturated rings. The van der Waals surface area contributed by atoms with Gasteiger partial charge in [-0.1, -0.05) is 19.1 Å². The lowest BCUT2D eigenvalue weighted by atomic mass is 9.87. The normalized spacial score (nSPS) is 24.0. The van der Waals surface area contributed by atoms with Crippen molar-refractivity contribution in [2.75, 3.05) is 19.6 Å². The number of hydrogen-bond donors (Lipinski definition) is 1. The van der Waals surface area contributed by atoms with Crippen molar-refractivity contribution in [1.29, 1.82) is 0 Å². The van der Waals surface area contributed by atoms with Crippen LogP contribution >= 0.6 is 0 Å². The monoisotopic (exact) mass is 302 g/mol. The summed E-state index contributed by atoms with van der Waals surface area (Å²) in [5.74, 6) is 0.889. The van der Waals surface area contributed by atoms with E-state index in [2.05, 4.69) is 16.6 Å². The van der Waals surface area contributed by atoms with Gasteiger partial charge < -0.3 is 10.5 Å². The van der Waals surface area contributed by atoms with E-state index in [1.807, 2.05) is 6.07 Å². The molecule has 0 bridgehead atoms. The topological polar surface area (TPSA) is 38.5 Å². The van der Waals surface area contributed by atoms with E-state index in [-0.39, 0.29) is 5.75 Å². The molecular formula is C15H21F3N2O. The van der Waals surface area contributed by atoms with Crippen molar-refractivity contribution in [3.8, 4) is 5.75 Å². The second kappa shape index (κ2) is 6.66. The number of rotatable bonds is 4. The van der Waals surface area contributed by atoms with Crippen LogP contribution in [0.15, 0.2) is 24.3 Å². The Hall–Kier alpha value is -1.27. The summed E-state index contributed by atoms with van der Waals surface area (Å²) in [7, 11) is 0. The zero-order chi connectivity index (χ0) is 15.5. The maximum Gasteiger partial charge on any atom is 0.573 e. The SMILES string of the molecule is CC1CCN(Cc2cccc(OC(F)(F)F)c2)CC1CN. The number of piperidine rings is 1. The van der Waals surface area contributed by atoms with Crippen LogP contribution in [0.5, 0.6) is 5.75 Å². The summed E-state index contributed by atoms with van der Waals surface area (Å²) in [6, 6.07) is 6.17. The van der Waals surface area contributed by atoms with Crippen molar-refractivity contribution >= 4 is 0 Å². The molecule has 0 saturated carbocycles. The molecule has 2 unspecified atom stereocenters. The largest absolute Gasteiger partial charge is 0.573 e. The summed E-state index contributed by atoms with van der Waals surface area (Å²) >= 11 is 0. The molecule has 118 valence electrons. The van der Waals surface area contributed by atoms with Crippen LogP contribution in [-0.4, -0.2) is 30.9 Å². The first kappa shape index (κ1) is 16.1. The first-order valence-electron chi connectivity index (χ1n) is 7.14. The Morgan fingerprint density at radius 1 is 1.38 bits per heavy atom. The molecule has 0 aliphatic carbocycles. The third kappa shape index (κ3) is 4.89. The molecule has 1 aromatic rings. The van der Waals surface area contributed by atoms with Crippen molar-refractivity contribution < 1.29 is 17.9 Å². The Balaban J connectivity index is 1.98. The molecule has 1 aliphatic rings. The van der Waals surface area contributed by atoms with Crippen molar-refractivity contribution in [3.63, 3.8) is 0 Å². The van der Waals surface area contributed by atoms with E-state index in [4.69, 9.17) is 5.73 Å². The fourth-order valence-corrected chi connectivity index (χ4v) is 2.77. The zero-order valence-corrected chi connectivity index (χ0v) is 12.1. The lowest BCUT2D eigenvalue weighted by Gasteiger charge is -2.36. The van der Waals surface area contributed by atoms with Crippen LogP contribution in [0.3, 0.4) is 0 Å². The summed E-state index contributed by atoms with van der Waals surface area (Å²) < 4.78 is 40.6. The fourth-order valence-electron chi connectivity index (χ4n) is 2.77. The molecule has 2 atom stereocenters. The molecule has 1 aliphatic heterocycles. The third-order valence-corrected chi connectivity index (χ3v) is 4.04. The minimum atomic E-state index is -4.65. The number of halogens is 3. The van der Waals surface area contributed by atoms with Gasteiger partial charge in [-0.05, 0) is 49.0 Å². The van der Waals surface area contributed by atoms with Gasteiger partial charge in [0, 0.05) is 13.1 Å². The zero-order valence-electron chi connectivity index (χ0n) is 12.1. The fraction of sp³-hybridized carbons (Fsp3) is 0.600. The molecule has 1 heterocycles. The van der Waals surface area contributed by atoms with Gasteiger partial charge in [0.2, 0.25) is 0 Å². The minimum absolute atomic E-state index is 0.166. The van der Waals surface area contributed by atoms with E-state index in [1.54, 1.807) is 6.07 Å². The highest BCUT2D eigenvalue weighted by Crippen LogP contribution is 2.26. The van der Waals surface area contributed by atoms with E-state index in [1.165, 1.54) is 12.1 Å². The highest BCUT2D eigenvalue weighted by atomic mass is 19.4. The number of alkyl halides is 3. The first-order chi connectivity index (χ1) is 9.87. The smallest absolute Gasteiger partial charge is 0.406 e. The van der Waals surface area contributed by atoms with Crippen molar-refractivity contribution in [3.05, 3.63) is 29.8 Å². The van der Waals surface area contributed by atoms with Crippen molar-refractivity contribution in [1.82, 2.24) is 4.90 Å². The molecule has 0 radical (unpaired) electrons. The van der Waals surface area contributed by atoms with E-state index in [0.29, 0.717) is 24.9 Å². The Morgan fingerprint density at radius 3 is 2.81 bits per heavy atom. The van der Waals surface area contributed by atoms with Crippen LogP contribution < -0.4 is 10.5 Å². The molecule has 2 N–H and O–H groups in total. The third-order valence-electron chi connectivity index (χ3n) is 4.04. The maximum atomic E-state index is 12.2. The first-order valence-corrected chi connectivity index (χ1v) is 7.14. The second-order valence-electron chi connectivity index (χ2n) is 5.69. The molecule has 0 aromatic heterocycles. The molecule has 0 spiro atoms. The molecule has 21 heavy (non-hydrogen) atoms. The predicted molar refractivity (Wildman–Crippen MR) is 74.7 cm³/mol. The van der Waals surface area contributed by atoms with Crippen LogP contribution in [0, 0.1) is 11.8 Å². The van der Waals surface area contributed by atoms with Crippen LogP contribution in [0.1, 0.15) is 18.9 Å². The quantitative estimate of drug-likeness (QED) is 0.929. The van der Waals surface area contributed by atoms with Gasteiger partial charge in [-0.15, -0.1) is 13.2 Å². The summed E-state index contributed by atoms with van der Waals surface area (Å²) in [6.45, 7) is 5.31. The maximum absolute atomic E-state index is 12.2. The average molecular weight is 302 g/mol. The summed E-state index contributed by atoms with van der Waals surface area (Å²) in [6.07, 6.45) is -3.58. The number of likely N-dealkylation sites (tertiary alicyclic amines) is 1. The van der Waals surface area contributed by atoms with Crippen LogP contribution in [-0.2, 0) is 6.54 Å². The molecule has 1 aromatic carbocycles. The minimum Gasteiger partial charge on any atom is -0.406 e. The molecule has 6 heteroatoms. The highest BCUT2D eigenvalue weighted by Gasteiger charge is 2.31. The van der Waals surface area contributed by atoms with Gasteiger partial charge in [0.15, 0.2) is 0 Å². The Morgan fingerprint density at radius 2 is 2.14 bits per heavy atom. The van der Waals surface area contributed by atoms with Crippen molar-refractivity contribution in [2.45, 2.75) is 26.3 Å². The number of ether oxygens (including phenoxy) is 1. The van der Waals surface area contributed by atoms with Gasteiger partial charge in [0.05, 0.1) is 0 Å². The molecule has 0 amide bonds. The van der Waals surface area contributed by atoms with Crippen LogP contribution in [0.25, 0.3) is 0 Å². The van der Waals surface area contributed by atoms with Gasteiger partial charge in [-0.3, -0.25) is 4.90 Å². The van der Waals surface area contributed by atoms with E-state index in [0.717, 1.165) is 25.1 Å². The predicted octanol–water partition coefficient (Wildman–Crippen LogP) is 3.00. The standard InChI is InChI=1S/C15H21F3N2O/c1-11-5-6-20(10-13(11)8-19)9-12-3-2-4-14(7-12)21-15(16,17)18/h2-4,7,11,13H,5-6,8-10,19H2,1H3.